The monoisotopic (exact) mass is 449 g/mol. The molecule has 4 aliphatic heterocycles. The van der Waals surface area contributed by atoms with Gasteiger partial charge in [-0.1, -0.05) is 25.5 Å². The van der Waals surface area contributed by atoms with Gasteiger partial charge in [0.1, 0.15) is 17.4 Å². The van der Waals surface area contributed by atoms with Crippen LogP contribution in [0, 0.1) is 5.92 Å². The number of carbonyl (C=O) groups is 2. The Labute approximate surface area is 192 Å². The van der Waals surface area contributed by atoms with E-state index in [2.05, 4.69) is 30.2 Å². The SMILES string of the molecule is CC(C)=CCc1c(O)ccc2c3c([nH]c12)C(C)(C)[C@@H]1C[C@]24CCCN2C(=O)[C@]1(NC4=O)[C@H]3O. The Morgan fingerprint density at radius 2 is 2.03 bits per heavy atom. The molecule has 174 valence electrons. The first-order chi connectivity index (χ1) is 15.6. The number of phenolic OH excluding ortho intramolecular Hbond substituents is 1. The second kappa shape index (κ2) is 6.20. The van der Waals surface area contributed by atoms with Crippen molar-refractivity contribution in [2.45, 2.75) is 76.0 Å². The normalized spacial score (nSPS) is 33.5. The third-order valence-electron chi connectivity index (χ3n) is 8.95. The lowest BCUT2D eigenvalue weighted by Gasteiger charge is -2.65. The maximum atomic E-state index is 13.9. The Balaban J connectivity index is 1.62. The number of benzene rings is 1. The zero-order chi connectivity index (χ0) is 23.5. The number of aliphatic hydroxyl groups is 1. The lowest BCUT2D eigenvalue weighted by atomic mass is 9.50. The van der Waals surface area contributed by atoms with Gasteiger partial charge in [-0.05, 0) is 51.7 Å². The quantitative estimate of drug-likeness (QED) is 0.529. The highest BCUT2D eigenvalue weighted by Crippen LogP contribution is 2.62. The molecule has 7 rings (SSSR count). The number of hydrogen-bond donors (Lipinski definition) is 4. The average molecular weight is 450 g/mol. The van der Waals surface area contributed by atoms with Crippen LogP contribution in [0.15, 0.2) is 23.8 Å². The van der Waals surface area contributed by atoms with E-state index < -0.39 is 22.6 Å². The van der Waals surface area contributed by atoms with Crippen molar-refractivity contribution in [1.29, 1.82) is 0 Å². The number of nitrogens with one attached hydrogen (secondary N) is 2. The molecule has 2 aromatic rings. The van der Waals surface area contributed by atoms with Crippen molar-refractivity contribution in [3.63, 3.8) is 0 Å². The summed E-state index contributed by atoms with van der Waals surface area (Å²) in [6.45, 7) is 8.81. The highest BCUT2D eigenvalue weighted by atomic mass is 16.3. The van der Waals surface area contributed by atoms with Crippen molar-refractivity contribution in [3.05, 3.63) is 40.6 Å². The number of aliphatic hydroxyl groups excluding tert-OH is 1. The molecule has 2 spiro atoms. The molecule has 7 heteroatoms. The molecule has 0 radical (unpaired) electrons. The van der Waals surface area contributed by atoms with Gasteiger partial charge in [0, 0.05) is 40.1 Å². The summed E-state index contributed by atoms with van der Waals surface area (Å²) in [5.41, 5.74) is 1.59. The molecule has 1 aromatic heterocycles. The van der Waals surface area contributed by atoms with E-state index in [4.69, 9.17) is 0 Å². The van der Waals surface area contributed by atoms with Crippen LogP contribution < -0.4 is 5.32 Å². The lowest BCUT2D eigenvalue weighted by Crippen LogP contribution is -2.85. The number of hydrogen-bond acceptors (Lipinski definition) is 4. The van der Waals surface area contributed by atoms with Gasteiger partial charge in [0.05, 0.1) is 5.52 Å². The van der Waals surface area contributed by atoms with Crippen LogP contribution in [-0.4, -0.2) is 49.5 Å². The number of fused-ring (bicyclic) bond motifs is 4. The van der Waals surface area contributed by atoms with Crippen LogP contribution in [0.5, 0.6) is 5.75 Å². The number of piperidine rings is 2. The van der Waals surface area contributed by atoms with Crippen LogP contribution in [-0.2, 0) is 21.4 Å². The van der Waals surface area contributed by atoms with Gasteiger partial charge < -0.3 is 25.4 Å². The van der Waals surface area contributed by atoms with Crippen LogP contribution in [0.2, 0.25) is 0 Å². The molecule has 7 nitrogen and oxygen atoms in total. The third-order valence-corrected chi connectivity index (χ3v) is 8.95. The van der Waals surface area contributed by atoms with E-state index in [-0.39, 0.29) is 23.5 Å². The minimum Gasteiger partial charge on any atom is -0.508 e. The first-order valence-electron chi connectivity index (χ1n) is 11.9. The van der Waals surface area contributed by atoms with E-state index >= 15 is 0 Å². The Bertz CT molecular complexity index is 1270. The molecule has 2 bridgehead atoms. The fraction of sp³-hybridized carbons (Fsp3) is 0.538. The Morgan fingerprint density at radius 1 is 1.27 bits per heavy atom. The van der Waals surface area contributed by atoms with Crippen molar-refractivity contribution >= 4 is 22.7 Å². The first-order valence-corrected chi connectivity index (χ1v) is 11.9. The molecule has 4 atom stereocenters. The lowest BCUT2D eigenvalue weighted by molar-refractivity contribution is -0.191. The Hall–Kier alpha value is -2.80. The van der Waals surface area contributed by atoms with Crippen LogP contribution in [0.1, 0.15) is 69.9 Å². The van der Waals surface area contributed by atoms with Gasteiger partial charge in [0.25, 0.3) is 5.91 Å². The maximum absolute atomic E-state index is 13.9. The molecule has 1 aliphatic carbocycles. The molecule has 4 saturated heterocycles. The molecule has 33 heavy (non-hydrogen) atoms. The average Bonchev–Trinajstić information content (AvgIpc) is 3.36. The second-order valence-corrected chi connectivity index (χ2v) is 11.2. The van der Waals surface area contributed by atoms with Gasteiger partial charge in [-0.3, -0.25) is 9.59 Å². The number of H-pyrrole nitrogens is 1. The maximum Gasteiger partial charge on any atom is 0.252 e. The summed E-state index contributed by atoms with van der Waals surface area (Å²) in [4.78, 5) is 32.5. The van der Waals surface area contributed by atoms with E-state index in [0.29, 0.717) is 31.4 Å². The number of carbonyl (C=O) groups excluding carboxylic acids is 2. The standard InChI is InChI=1S/C26H31N3O4/c1-13(2)6-7-14-16(30)9-8-15-18-20(27-19(14)15)24(3,4)17-12-25-10-5-11-29(25)23(33)26(17,21(18)31)28-22(25)32/h6,8-9,17,21,27,30-31H,5,7,10-12H2,1-4H3,(H,28,32)/t17-,21-,25-,26+/m0/s1. The molecular formula is C26H31N3O4. The highest BCUT2D eigenvalue weighted by molar-refractivity contribution is 6.06. The first kappa shape index (κ1) is 20.8. The van der Waals surface area contributed by atoms with Gasteiger partial charge in [0.15, 0.2) is 5.54 Å². The molecule has 0 saturated carbocycles. The zero-order valence-electron chi connectivity index (χ0n) is 19.6. The molecule has 4 N–H and O–H groups in total. The third kappa shape index (κ3) is 2.24. The van der Waals surface area contributed by atoms with Crippen molar-refractivity contribution in [2.24, 2.45) is 5.92 Å². The molecular weight excluding hydrogens is 418 g/mol. The number of nitrogens with zero attached hydrogens (tertiary/aromatic N) is 1. The molecule has 5 aliphatic rings. The predicted octanol–water partition coefficient (Wildman–Crippen LogP) is 2.96. The Kier molecular flexibility index (Phi) is 3.90. The van der Waals surface area contributed by atoms with Gasteiger partial charge in [0.2, 0.25) is 5.91 Å². The van der Waals surface area contributed by atoms with Gasteiger partial charge >= 0.3 is 0 Å². The van der Waals surface area contributed by atoms with Crippen molar-refractivity contribution in [3.8, 4) is 5.75 Å². The summed E-state index contributed by atoms with van der Waals surface area (Å²) >= 11 is 0. The number of piperazine rings is 1. The van der Waals surface area contributed by atoms with Gasteiger partial charge in [-0.25, -0.2) is 0 Å². The summed E-state index contributed by atoms with van der Waals surface area (Å²) < 4.78 is 0. The molecule has 2 amide bonds. The van der Waals surface area contributed by atoms with Gasteiger partial charge in [-0.15, -0.1) is 0 Å². The van der Waals surface area contributed by atoms with E-state index in [1.165, 1.54) is 0 Å². The van der Waals surface area contributed by atoms with E-state index in [9.17, 15) is 19.8 Å². The number of allylic oxidation sites excluding steroid dienone is 2. The summed E-state index contributed by atoms with van der Waals surface area (Å²) in [7, 11) is 0. The summed E-state index contributed by atoms with van der Waals surface area (Å²) in [6.07, 6.45) is 3.48. The van der Waals surface area contributed by atoms with Gasteiger partial charge in [-0.2, -0.15) is 0 Å². The Morgan fingerprint density at radius 3 is 2.76 bits per heavy atom. The number of aromatic nitrogens is 1. The minimum absolute atomic E-state index is 0.129. The van der Waals surface area contributed by atoms with E-state index in [1.807, 2.05) is 13.8 Å². The second-order valence-electron chi connectivity index (χ2n) is 11.2. The summed E-state index contributed by atoms with van der Waals surface area (Å²) in [6, 6.07) is 3.46. The smallest absolute Gasteiger partial charge is 0.252 e. The largest absolute Gasteiger partial charge is 0.508 e. The fourth-order valence-corrected chi connectivity index (χ4v) is 7.27. The number of aromatic hydroxyl groups is 1. The summed E-state index contributed by atoms with van der Waals surface area (Å²) in [5, 5.41) is 26.4. The molecule has 0 unspecified atom stereocenters. The summed E-state index contributed by atoms with van der Waals surface area (Å²) in [5.74, 6) is -0.322. The van der Waals surface area contributed by atoms with Crippen LogP contribution in [0.3, 0.4) is 0 Å². The molecule has 1 aromatic carbocycles. The van der Waals surface area contributed by atoms with Crippen molar-refractivity contribution in [2.75, 3.05) is 6.54 Å². The number of amides is 2. The van der Waals surface area contributed by atoms with Crippen LogP contribution in [0.4, 0.5) is 0 Å². The van der Waals surface area contributed by atoms with Crippen LogP contribution >= 0.6 is 0 Å². The van der Waals surface area contributed by atoms with E-state index in [0.717, 1.165) is 34.2 Å². The highest BCUT2D eigenvalue weighted by Gasteiger charge is 2.75. The number of phenols is 1. The predicted molar refractivity (Wildman–Crippen MR) is 124 cm³/mol. The topological polar surface area (TPSA) is 106 Å². The number of aromatic amines is 1. The van der Waals surface area contributed by atoms with Crippen LogP contribution in [0.25, 0.3) is 10.9 Å². The zero-order valence-corrected chi connectivity index (χ0v) is 19.6. The minimum atomic E-state index is -1.37. The van der Waals surface area contributed by atoms with Crippen molar-refractivity contribution < 1.29 is 19.8 Å². The fourth-order valence-electron chi connectivity index (χ4n) is 7.27. The molecule has 4 fully saturated rings. The molecule has 5 heterocycles. The number of rotatable bonds is 2. The van der Waals surface area contributed by atoms with E-state index in [1.54, 1.807) is 17.0 Å². The van der Waals surface area contributed by atoms with Crippen molar-refractivity contribution in [1.82, 2.24) is 15.2 Å².